The summed E-state index contributed by atoms with van der Waals surface area (Å²) < 4.78 is 4.99. The Kier molecular flexibility index (Phi) is 3.92. The van der Waals surface area contributed by atoms with E-state index in [1.54, 1.807) is 12.1 Å². The normalized spacial score (nSPS) is 15.1. The first-order chi connectivity index (χ1) is 9.52. The van der Waals surface area contributed by atoms with Gasteiger partial charge in [-0.2, -0.15) is 0 Å². The third kappa shape index (κ3) is 2.73. The molecule has 0 spiro atoms. The Bertz CT molecular complexity index is 526. The number of ether oxygens (including phenoxy) is 1. The summed E-state index contributed by atoms with van der Waals surface area (Å²) in [5.74, 6) is 0.421. The lowest BCUT2D eigenvalue weighted by atomic mass is 10.2. The molecule has 1 aromatic rings. The number of nitrogens with zero attached hydrogens (tertiary/aromatic N) is 3. The Morgan fingerprint density at radius 3 is 2.50 bits per heavy atom. The SMILES string of the molecule is COc1ccc(N2CCN(C(=O)O)CC2)c([N+](=O)[O-])c1. The van der Waals surface area contributed by atoms with Crippen LogP contribution in [-0.4, -0.2) is 54.3 Å². The van der Waals surface area contributed by atoms with Gasteiger partial charge in [0.2, 0.25) is 0 Å². The number of benzene rings is 1. The molecule has 20 heavy (non-hydrogen) atoms. The van der Waals surface area contributed by atoms with Crippen LogP contribution >= 0.6 is 0 Å². The molecule has 2 rings (SSSR count). The molecule has 1 N–H and O–H groups in total. The molecule has 0 unspecified atom stereocenters. The lowest BCUT2D eigenvalue weighted by Gasteiger charge is -2.34. The van der Waals surface area contributed by atoms with E-state index >= 15 is 0 Å². The average molecular weight is 281 g/mol. The minimum Gasteiger partial charge on any atom is -0.496 e. The van der Waals surface area contributed by atoms with Crippen LogP contribution in [0.1, 0.15) is 0 Å². The molecule has 1 aliphatic rings. The molecule has 1 aliphatic heterocycles. The molecule has 1 amide bonds. The number of anilines is 1. The summed E-state index contributed by atoms with van der Waals surface area (Å²) in [6.45, 7) is 1.52. The van der Waals surface area contributed by atoms with Crippen molar-refractivity contribution in [2.45, 2.75) is 0 Å². The number of hydrogen-bond donors (Lipinski definition) is 1. The molecule has 1 heterocycles. The Balaban J connectivity index is 2.21. The summed E-state index contributed by atoms with van der Waals surface area (Å²) >= 11 is 0. The van der Waals surface area contributed by atoms with Gasteiger partial charge in [0.05, 0.1) is 18.1 Å². The molecular formula is C12H15N3O5. The summed E-state index contributed by atoms with van der Waals surface area (Å²) in [5.41, 5.74) is 0.453. The Hall–Kier alpha value is -2.51. The maximum atomic E-state index is 11.1. The minimum absolute atomic E-state index is 0.0341. The second kappa shape index (κ2) is 5.64. The summed E-state index contributed by atoms with van der Waals surface area (Å²) in [6.07, 6.45) is -0.964. The topological polar surface area (TPSA) is 96.2 Å². The van der Waals surface area contributed by atoms with Gasteiger partial charge in [-0.15, -0.1) is 0 Å². The molecule has 0 radical (unpaired) electrons. The first-order valence-corrected chi connectivity index (χ1v) is 6.08. The van der Waals surface area contributed by atoms with Gasteiger partial charge in [0.15, 0.2) is 0 Å². The Morgan fingerprint density at radius 1 is 1.35 bits per heavy atom. The van der Waals surface area contributed by atoms with Crippen molar-refractivity contribution in [3.05, 3.63) is 28.3 Å². The van der Waals surface area contributed by atoms with Crippen molar-refractivity contribution in [2.75, 3.05) is 38.2 Å². The van der Waals surface area contributed by atoms with Crippen LogP contribution in [0, 0.1) is 10.1 Å². The van der Waals surface area contributed by atoms with Crippen molar-refractivity contribution in [3.63, 3.8) is 0 Å². The zero-order valence-corrected chi connectivity index (χ0v) is 11.0. The van der Waals surface area contributed by atoms with Crippen molar-refractivity contribution in [3.8, 4) is 5.75 Å². The largest absolute Gasteiger partial charge is 0.496 e. The fraction of sp³-hybridized carbons (Fsp3) is 0.417. The number of methoxy groups -OCH3 is 1. The minimum atomic E-state index is -0.964. The molecule has 0 bridgehead atoms. The number of nitro benzene ring substituents is 1. The lowest BCUT2D eigenvalue weighted by molar-refractivity contribution is -0.384. The van der Waals surface area contributed by atoms with Crippen LogP contribution in [0.15, 0.2) is 18.2 Å². The molecule has 0 aromatic heterocycles. The highest BCUT2D eigenvalue weighted by atomic mass is 16.6. The quantitative estimate of drug-likeness (QED) is 0.664. The second-order valence-electron chi connectivity index (χ2n) is 4.37. The van der Waals surface area contributed by atoms with Gasteiger partial charge in [0.1, 0.15) is 11.4 Å². The second-order valence-corrected chi connectivity index (χ2v) is 4.37. The van der Waals surface area contributed by atoms with E-state index in [-0.39, 0.29) is 5.69 Å². The first-order valence-electron chi connectivity index (χ1n) is 6.08. The van der Waals surface area contributed by atoms with Gasteiger partial charge < -0.3 is 19.6 Å². The van der Waals surface area contributed by atoms with Crippen LogP contribution in [0.5, 0.6) is 5.75 Å². The van der Waals surface area contributed by atoms with E-state index in [4.69, 9.17) is 9.84 Å². The zero-order valence-electron chi connectivity index (χ0n) is 11.0. The van der Waals surface area contributed by atoms with E-state index < -0.39 is 11.0 Å². The number of carboxylic acid groups (broad SMARTS) is 1. The zero-order chi connectivity index (χ0) is 14.7. The molecule has 8 nitrogen and oxygen atoms in total. The molecule has 108 valence electrons. The summed E-state index contributed by atoms with van der Waals surface area (Å²) in [4.78, 5) is 24.6. The standard InChI is InChI=1S/C12H15N3O5/c1-20-9-2-3-10(11(8-9)15(18)19)13-4-6-14(7-5-13)12(16)17/h2-3,8H,4-7H2,1H3,(H,16,17). The number of piperazine rings is 1. The van der Waals surface area contributed by atoms with Crippen molar-refractivity contribution >= 4 is 17.5 Å². The van der Waals surface area contributed by atoms with Crippen molar-refractivity contribution in [1.82, 2.24) is 4.90 Å². The van der Waals surface area contributed by atoms with E-state index in [2.05, 4.69) is 0 Å². The maximum absolute atomic E-state index is 11.1. The lowest BCUT2D eigenvalue weighted by Crippen LogP contribution is -2.48. The van der Waals surface area contributed by atoms with E-state index in [0.29, 0.717) is 37.6 Å². The van der Waals surface area contributed by atoms with Crippen molar-refractivity contribution in [2.24, 2.45) is 0 Å². The fourth-order valence-corrected chi connectivity index (χ4v) is 2.18. The molecule has 0 aliphatic carbocycles. The van der Waals surface area contributed by atoms with Crippen molar-refractivity contribution < 1.29 is 19.6 Å². The molecule has 1 fully saturated rings. The Morgan fingerprint density at radius 2 is 2.00 bits per heavy atom. The maximum Gasteiger partial charge on any atom is 0.407 e. The molecule has 0 atom stereocenters. The summed E-state index contributed by atoms with van der Waals surface area (Å²) in [7, 11) is 1.45. The van der Waals surface area contributed by atoms with Gasteiger partial charge in [0, 0.05) is 26.2 Å². The van der Waals surface area contributed by atoms with E-state index in [0.717, 1.165) is 0 Å². The third-order valence-electron chi connectivity index (χ3n) is 3.27. The van der Waals surface area contributed by atoms with E-state index in [1.165, 1.54) is 18.1 Å². The molecule has 8 heteroatoms. The number of nitro groups is 1. The third-order valence-corrected chi connectivity index (χ3v) is 3.27. The van der Waals surface area contributed by atoms with Gasteiger partial charge in [-0.05, 0) is 12.1 Å². The predicted molar refractivity (Wildman–Crippen MR) is 71.5 cm³/mol. The van der Waals surface area contributed by atoms with Crippen LogP contribution < -0.4 is 9.64 Å². The highest BCUT2D eigenvalue weighted by molar-refractivity contribution is 5.68. The van der Waals surface area contributed by atoms with Gasteiger partial charge in [-0.3, -0.25) is 10.1 Å². The van der Waals surface area contributed by atoms with E-state index in [9.17, 15) is 14.9 Å². The van der Waals surface area contributed by atoms with Gasteiger partial charge in [-0.1, -0.05) is 0 Å². The van der Waals surface area contributed by atoms with Gasteiger partial charge in [-0.25, -0.2) is 4.79 Å². The smallest absolute Gasteiger partial charge is 0.407 e. The highest BCUT2D eigenvalue weighted by Crippen LogP contribution is 2.32. The number of hydrogen-bond acceptors (Lipinski definition) is 5. The summed E-state index contributed by atoms with van der Waals surface area (Å²) in [6, 6.07) is 4.66. The molecule has 1 saturated heterocycles. The van der Waals surface area contributed by atoms with Crippen LogP contribution in [0.3, 0.4) is 0 Å². The van der Waals surface area contributed by atoms with Gasteiger partial charge in [0.25, 0.3) is 5.69 Å². The number of rotatable bonds is 3. The van der Waals surface area contributed by atoms with Crippen LogP contribution in [0.25, 0.3) is 0 Å². The van der Waals surface area contributed by atoms with Crippen LogP contribution in [0.4, 0.5) is 16.2 Å². The molecular weight excluding hydrogens is 266 g/mol. The molecule has 0 saturated carbocycles. The van der Waals surface area contributed by atoms with Crippen LogP contribution in [-0.2, 0) is 0 Å². The first kappa shape index (κ1) is 13.9. The summed E-state index contributed by atoms with van der Waals surface area (Å²) in [5, 5.41) is 20.0. The number of carbonyl (C=O) groups is 1. The predicted octanol–water partition coefficient (Wildman–Crippen LogP) is 1.40. The monoisotopic (exact) mass is 281 g/mol. The average Bonchev–Trinajstić information content (AvgIpc) is 2.46. The highest BCUT2D eigenvalue weighted by Gasteiger charge is 2.25. The molecule has 1 aromatic carbocycles. The van der Waals surface area contributed by atoms with Crippen molar-refractivity contribution in [1.29, 1.82) is 0 Å². The number of amides is 1. The Labute approximate surface area is 115 Å². The fourth-order valence-electron chi connectivity index (χ4n) is 2.18. The van der Waals surface area contributed by atoms with Crippen LogP contribution in [0.2, 0.25) is 0 Å². The van der Waals surface area contributed by atoms with Gasteiger partial charge >= 0.3 is 6.09 Å². The van der Waals surface area contributed by atoms with E-state index in [1.807, 2.05) is 4.90 Å².